The molecule has 0 bridgehead atoms. The Morgan fingerprint density at radius 1 is 0.355 bits per heavy atom. The molecule has 3 radical (unpaired) electrons. The van der Waals surface area contributed by atoms with Gasteiger partial charge in [-0.25, -0.2) is 0 Å². The number of rotatable bonds is 0. The summed E-state index contributed by atoms with van der Waals surface area (Å²) in [5.41, 5.74) is 0. The molecule has 0 saturated carbocycles. The van der Waals surface area contributed by atoms with Gasteiger partial charge in [0.25, 0.3) is 0 Å². The summed E-state index contributed by atoms with van der Waals surface area (Å²) in [6, 6.07) is 0. The Kier molecular flexibility index (Phi) is 55.5. The van der Waals surface area contributed by atoms with Crippen LogP contribution in [0.25, 0.3) is 0 Å². The van der Waals surface area contributed by atoms with Crippen LogP contribution in [0.5, 0.6) is 0 Å². The van der Waals surface area contributed by atoms with Crippen molar-refractivity contribution in [2.24, 2.45) is 0 Å². The zero-order chi connectivity index (χ0) is 25.2. The zero-order valence-electron chi connectivity index (χ0n) is 12.9. The summed E-state index contributed by atoms with van der Waals surface area (Å²) >= 11 is 8.53. The minimum Gasteiger partial charge on any atom is -0.822 e. The van der Waals surface area contributed by atoms with Crippen molar-refractivity contribution in [3.05, 3.63) is 0 Å². The van der Waals surface area contributed by atoms with E-state index in [1.807, 2.05) is 0 Å². The van der Waals surface area contributed by atoms with Crippen LogP contribution in [0.4, 0.5) is 0 Å². The van der Waals surface area contributed by atoms with E-state index < -0.39 is 39.1 Å². The molecule has 195 valence electrons. The van der Waals surface area contributed by atoms with Crippen molar-refractivity contribution in [3.63, 3.8) is 0 Å². The molecule has 31 heteroatoms. The maximum Gasteiger partial charge on any atom is 0.0832 e. The molecule has 0 spiro atoms. The molecule has 0 N–H and O–H groups in total. The van der Waals surface area contributed by atoms with Crippen molar-refractivity contribution >= 4 is 62.8 Å². The van der Waals surface area contributed by atoms with Gasteiger partial charge in [0.05, 0.1) is 23.7 Å². The topological polar surface area (TPSA) is 440 Å². The molecule has 21 nitrogen and oxygen atoms in total. The molecule has 0 aromatic carbocycles. The van der Waals surface area contributed by atoms with Crippen molar-refractivity contribution in [2.75, 3.05) is 0 Å². The minimum atomic E-state index is -5.39. The Balaban J connectivity index is -0.0000000264. The summed E-state index contributed by atoms with van der Waals surface area (Å²) in [7, 11) is -26.9. The van der Waals surface area contributed by atoms with Crippen molar-refractivity contribution in [2.45, 2.75) is 0 Å². The third-order valence-electron chi connectivity index (χ3n) is 0. The van der Waals surface area contributed by atoms with Crippen LogP contribution in [0.1, 0.15) is 0 Å². The van der Waals surface area contributed by atoms with E-state index in [0.29, 0.717) is 0 Å². The molecule has 0 aliphatic heterocycles. The standard InChI is InChI=1S/Cl2O.5H3O4P.3V/c1-3-2;5*1-5(2,3)4;;;/h;5*(H3,1,2,3,4);;;/p-15. The molecule has 0 aliphatic carbocycles. The fourth-order valence-electron chi connectivity index (χ4n) is 0. The van der Waals surface area contributed by atoms with Gasteiger partial charge in [-0.2, -0.15) is 43.0 Å². The maximum atomic E-state index is 8.55. The molecule has 31 heavy (non-hydrogen) atoms. The first kappa shape index (κ1) is 59.1. The van der Waals surface area contributed by atoms with Gasteiger partial charge in [0.15, 0.2) is 0 Å². The monoisotopic (exact) mass is 714 g/mol. The maximum absolute atomic E-state index is 8.55. The smallest absolute Gasteiger partial charge is 0.0832 e. The van der Waals surface area contributed by atoms with E-state index in [1.165, 1.54) is 0 Å². The van der Waals surface area contributed by atoms with Crippen LogP contribution < -0.4 is 73.4 Å². The van der Waals surface area contributed by atoms with Crippen LogP contribution in [-0.2, 0) is 82.3 Å². The molecular weight excluding hydrogens is 715 g/mol. The van der Waals surface area contributed by atoms with Gasteiger partial charge in [-0.15, -0.1) is 0 Å². The van der Waals surface area contributed by atoms with E-state index in [9.17, 15) is 0 Å². The third-order valence-corrected chi connectivity index (χ3v) is 0. The van der Waals surface area contributed by atoms with E-state index in [4.69, 9.17) is 96.2 Å². The average molecular weight is 715 g/mol. The first-order valence-corrected chi connectivity index (χ1v) is 11.9. The molecule has 0 aliphatic rings. The van der Waals surface area contributed by atoms with Gasteiger partial charge in [-0.1, -0.05) is 0 Å². The summed E-state index contributed by atoms with van der Waals surface area (Å²) in [5, 5.41) is 0. The van der Waals surface area contributed by atoms with Crippen LogP contribution >= 0.6 is 62.8 Å². The van der Waals surface area contributed by atoms with Crippen molar-refractivity contribution in [3.8, 4) is 0 Å². The largest absolute Gasteiger partial charge is 0.822 e. The SMILES string of the molecule is ClOCl.O=P([O-])([O-])[O-].O=P([O-])([O-])[O-].O=P([O-])([O-])[O-].O=P([O-])([O-])[O-].O=P([O-])([O-])[O-].[V].[V].[V]. The van der Waals surface area contributed by atoms with Crippen molar-refractivity contribution < 1.29 is 156 Å². The van der Waals surface area contributed by atoms with Crippen molar-refractivity contribution in [1.82, 2.24) is 0 Å². The number of hydrogen-bond acceptors (Lipinski definition) is 21. The molecule has 0 fully saturated rings. The van der Waals surface area contributed by atoms with Gasteiger partial charge in [0.2, 0.25) is 0 Å². The number of halogens is 2. The van der Waals surface area contributed by atoms with E-state index in [2.05, 4.69) is 27.6 Å². The molecule has 0 rings (SSSR count). The Morgan fingerprint density at radius 2 is 0.355 bits per heavy atom. The third kappa shape index (κ3) is 3860. The average Bonchev–Trinajstić information content (AvgIpc) is 2.00. The molecule has 0 unspecified atom stereocenters. The first-order valence-electron chi connectivity index (χ1n) is 3.96. The summed E-state index contributed by atoms with van der Waals surface area (Å²) in [6.07, 6.45) is 0. The summed E-state index contributed by atoms with van der Waals surface area (Å²) in [4.78, 5) is 128. The van der Waals surface area contributed by atoms with Gasteiger partial charge in [-0.3, -0.25) is 0 Å². The zero-order valence-corrected chi connectivity index (χ0v) is 23.1. The van der Waals surface area contributed by atoms with Crippen LogP contribution in [-0.4, -0.2) is 0 Å². The molecule has 0 amide bonds. The molecular formula is Cl2O21P5V3-15. The van der Waals surface area contributed by atoms with Crippen LogP contribution in [0.15, 0.2) is 0 Å². The molecule has 0 atom stereocenters. The molecule has 0 aromatic rings. The Morgan fingerprint density at radius 3 is 0.355 bits per heavy atom. The van der Waals surface area contributed by atoms with Crippen molar-refractivity contribution in [1.29, 1.82) is 0 Å². The molecule has 0 heterocycles. The molecule has 0 saturated heterocycles. The van der Waals surface area contributed by atoms with E-state index in [1.54, 1.807) is 0 Å². The second-order valence-corrected chi connectivity index (χ2v) is 7.23. The van der Waals surface area contributed by atoms with Crippen LogP contribution in [0.3, 0.4) is 0 Å². The Hall–Kier alpha value is 2.84. The van der Waals surface area contributed by atoms with Crippen LogP contribution in [0.2, 0.25) is 0 Å². The van der Waals surface area contributed by atoms with Gasteiger partial charge >= 0.3 is 0 Å². The Bertz CT molecular complexity index is 404. The summed E-state index contributed by atoms with van der Waals surface area (Å²) in [6.45, 7) is 0. The minimum absolute atomic E-state index is 0. The van der Waals surface area contributed by atoms with Gasteiger partial charge in [0, 0.05) is 55.7 Å². The number of phosphoric acid groups is 5. The predicted octanol–water partition coefficient (Wildman–Crippen LogP) is -12.8. The summed E-state index contributed by atoms with van der Waals surface area (Å²) in [5.74, 6) is 0. The van der Waals surface area contributed by atoms with Gasteiger partial charge in [0.1, 0.15) is 0 Å². The fourth-order valence-corrected chi connectivity index (χ4v) is 0. The van der Waals surface area contributed by atoms with E-state index >= 15 is 0 Å². The van der Waals surface area contributed by atoms with E-state index in [0.717, 1.165) is 0 Å². The molecule has 0 aromatic heterocycles. The fraction of sp³-hybridized carbons (Fsp3) is 0. The first-order chi connectivity index (χ1) is 11.4. The van der Waals surface area contributed by atoms with Crippen LogP contribution in [0, 0.1) is 0 Å². The normalized spacial score (nSPS) is 10.1. The second-order valence-electron chi connectivity index (χ2n) is 2.29. The van der Waals surface area contributed by atoms with E-state index in [-0.39, 0.29) is 55.7 Å². The van der Waals surface area contributed by atoms with Gasteiger partial charge < -0.3 is 96.2 Å². The Labute approximate surface area is 217 Å². The summed E-state index contributed by atoms with van der Waals surface area (Å²) < 4.78 is 45.9. The second kappa shape index (κ2) is 29.1. The predicted molar refractivity (Wildman–Crippen MR) is 50.8 cm³/mol. The quantitative estimate of drug-likeness (QED) is 0.210. The number of hydrogen-bond donors (Lipinski definition) is 0. The van der Waals surface area contributed by atoms with Gasteiger partial charge in [-0.05, 0) is 0 Å².